The van der Waals surface area contributed by atoms with Crippen molar-refractivity contribution in [2.75, 3.05) is 31.6 Å². The van der Waals surface area contributed by atoms with Crippen molar-refractivity contribution < 1.29 is 9.53 Å². The summed E-state index contributed by atoms with van der Waals surface area (Å²) in [7, 11) is 0. The molecular weight excluding hydrogens is 390 g/mol. The lowest BCUT2D eigenvalue weighted by molar-refractivity contribution is 0.102. The van der Waals surface area contributed by atoms with Gasteiger partial charge in [0.1, 0.15) is 12.4 Å². The first-order valence-corrected chi connectivity index (χ1v) is 11.1. The summed E-state index contributed by atoms with van der Waals surface area (Å²) in [6, 6.07) is 9.50. The third kappa shape index (κ3) is 4.32. The average molecular weight is 418 g/mol. The first-order valence-electron chi connectivity index (χ1n) is 11.1. The van der Waals surface area contributed by atoms with Gasteiger partial charge in [-0.05, 0) is 62.9 Å². The van der Waals surface area contributed by atoms with Crippen LogP contribution in [0, 0.1) is 0 Å². The van der Waals surface area contributed by atoms with Crippen molar-refractivity contribution in [2.24, 2.45) is 0 Å². The molecule has 0 bridgehead atoms. The molecule has 3 aromatic rings. The molecule has 1 fully saturated rings. The Morgan fingerprint density at radius 2 is 2.03 bits per heavy atom. The molecular formula is C24H27N5O2. The van der Waals surface area contributed by atoms with Crippen LogP contribution in [0.15, 0.2) is 42.7 Å². The van der Waals surface area contributed by atoms with Crippen LogP contribution in [-0.4, -0.2) is 52.0 Å². The standard InChI is InChI=1S/C24H27N5O2/c30-24(18-16-26-19-8-3-6-17-7-5-11-25-23(17)22(18)19)28-20-9-4-10-21(27-20)31-15-14-29-12-1-2-13-29/h4-5,7,9-11,16,26H,1-3,6,8,12-15H2,(H,27,28,30). The van der Waals surface area contributed by atoms with Gasteiger partial charge in [-0.15, -0.1) is 0 Å². The molecule has 31 heavy (non-hydrogen) atoms. The Bertz CT molecular complexity index is 1070. The van der Waals surface area contributed by atoms with Crippen LogP contribution < -0.4 is 10.1 Å². The van der Waals surface area contributed by atoms with Crippen LogP contribution in [0.2, 0.25) is 0 Å². The van der Waals surface area contributed by atoms with Crippen LogP contribution in [0.1, 0.15) is 40.9 Å². The first-order chi connectivity index (χ1) is 15.3. The Hall–Kier alpha value is -3.19. The largest absolute Gasteiger partial charge is 0.476 e. The number of rotatable bonds is 6. The van der Waals surface area contributed by atoms with Crippen LogP contribution >= 0.6 is 0 Å². The van der Waals surface area contributed by atoms with E-state index in [9.17, 15) is 4.79 Å². The summed E-state index contributed by atoms with van der Waals surface area (Å²) in [5, 5.41) is 2.93. The molecule has 0 spiro atoms. The zero-order valence-electron chi connectivity index (χ0n) is 17.6. The van der Waals surface area contributed by atoms with Gasteiger partial charge in [-0.2, -0.15) is 4.98 Å². The van der Waals surface area contributed by atoms with Gasteiger partial charge in [-0.25, -0.2) is 0 Å². The fourth-order valence-corrected chi connectivity index (χ4v) is 4.47. The van der Waals surface area contributed by atoms with E-state index in [1.165, 1.54) is 18.4 Å². The number of hydrogen-bond acceptors (Lipinski definition) is 5. The van der Waals surface area contributed by atoms with Crippen molar-refractivity contribution in [3.63, 3.8) is 0 Å². The number of nitrogens with one attached hydrogen (secondary N) is 2. The molecule has 1 aliphatic carbocycles. The number of nitrogens with zero attached hydrogens (tertiary/aromatic N) is 3. The number of pyridine rings is 2. The monoisotopic (exact) mass is 417 g/mol. The van der Waals surface area contributed by atoms with Gasteiger partial charge in [-0.1, -0.05) is 12.1 Å². The number of hydrogen-bond donors (Lipinski definition) is 2. The number of carbonyl (C=O) groups excluding carboxylic acids is 1. The summed E-state index contributed by atoms with van der Waals surface area (Å²) in [4.78, 5) is 27.9. The second-order valence-electron chi connectivity index (χ2n) is 8.13. The van der Waals surface area contributed by atoms with Crippen LogP contribution in [-0.2, 0) is 12.8 Å². The van der Waals surface area contributed by atoms with Gasteiger partial charge in [-0.3, -0.25) is 14.7 Å². The molecule has 2 N–H and O–H groups in total. The highest BCUT2D eigenvalue weighted by molar-refractivity contribution is 6.08. The van der Waals surface area contributed by atoms with Crippen LogP contribution in [0.3, 0.4) is 0 Å². The summed E-state index contributed by atoms with van der Waals surface area (Å²) < 4.78 is 5.81. The van der Waals surface area contributed by atoms with E-state index in [0.717, 1.165) is 55.8 Å². The summed E-state index contributed by atoms with van der Waals surface area (Å²) in [6.45, 7) is 3.79. The van der Waals surface area contributed by atoms with E-state index in [4.69, 9.17) is 4.74 Å². The Morgan fingerprint density at radius 3 is 2.94 bits per heavy atom. The molecule has 1 aliphatic heterocycles. The zero-order chi connectivity index (χ0) is 21.0. The van der Waals surface area contributed by atoms with Gasteiger partial charge in [0.05, 0.1) is 11.3 Å². The zero-order valence-corrected chi connectivity index (χ0v) is 17.6. The van der Waals surface area contributed by atoms with Crippen molar-refractivity contribution in [3.8, 4) is 17.1 Å². The molecule has 1 amide bonds. The number of aromatic nitrogens is 3. The van der Waals surface area contributed by atoms with E-state index in [-0.39, 0.29) is 5.91 Å². The molecule has 7 nitrogen and oxygen atoms in total. The third-order valence-corrected chi connectivity index (χ3v) is 6.03. The Kier molecular flexibility index (Phi) is 5.67. The first kappa shape index (κ1) is 19.8. The molecule has 5 rings (SSSR count). The van der Waals surface area contributed by atoms with Crippen molar-refractivity contribution in [3.05, 3.63) is 59.5 Å². The second-order valence-corrected chi connectivity index (χ2v) is 8.13. The van der Waals surface area contributed by atoms with Gasteiger partial charge in [0.2, 0.25) is 5.88 Å². The normalized spacial score (nSPS) is 15.7. The molecule has 160 valence electrons. The fraction of sp³-hybridized carbons (Fsp3) is 0.375. The highest BCUT2D eigenvalue weighted by atomic mass is 16.5. The molecule has 0 radical (unpaired) electrons. The molecule has 4 heterocycles. The van der Waals surface area contributed by atoms with Gasteiger partial charge in [0.25, 0.3) is 5.91 Å². The number of fused-ring (bicyclic) bond motifs is 3. The maximum atomic E-state index is 13.1. The Labute approximate surface area is 181 Å². The number of aryl methyl sites for hydroxylation is 2. The fourth-order valence-electron chi connectivity index (χ4n) is 4.47. The highest BCUT2D eigenvalue weighted by Gasteiger charge is 2.24. The molecule has 7 heteroatoms. The summed E-state index contributed by atoms with van der Waals surface area (Å²) in [5.41, 5.74) is 4.65. The number of amides is 1. The van der Waals surface area contributed by atoms with E-state index in [1.54, 1.807) is 18.5 Å². The van der Waals surface area contributed by atoms with Gasteiger partial charge < -0.3 is 15.0 Å². The summed E-state index contributed by atoms with van der Waals surface area (Å²) in [6.07, 6.45) is 8.99. The van der Waals surface area contributed by atoms with Crippen molar-refractivity contribution in [1.82, 2.24) is 19.9 Å². The van der Waals surface area contributed by atoms with Crippen LogP contribution in [0.25, 0.3) is 11.3 Å². The van der Waals surface area contributed by atoms with Crippen LogP contribution in [0.4, 0.5) is 5.82 Å². The van der Waals surface area contributed by atoms with E-state index < -0.39 is 0 Å². The third-order valence-electron chi connectivity index (χ3n) is 6.03. The smallest absolute Gasteiger partial charge is 0.259 e. The lowest BCUT2D eigenvalue weighted by Crippen LogP contribution is -2.25. The van der Waals surface area contributed by atoms with Gasteiger partial charge >= 0.3 is 0 Å². The molecule has 0 saturated carbocycles. The second kappa shape index (κ2) is 8.89. The van der Waals surface area contributed by atoms with E-state index >= 15 is 0 Å². The molecule has 0 aromatic carbocycles. The maximum Gasteiger partial charge on any atom is 0.259 e. The van der Waals surface area contributed by atoms with Crippen molar-refractivity contribution in [1.29, 1.82) is 0 Å². The number of H-pyrrole nitrogens is 1. The van der Waals surface area contributed by atoms with Gasteiger partial charge in [0, 0.05) is 36.3 Å². The van der Waals surface area contributed by atoms with E-state index in [2.05, 4.69) is 31.2 Å². The lowest BCUT2D eigenvalue weighted by atomic mass is 10.0. The van der Waals surface area contributed by atoms with Crippen molar-refractivity contribution in [2.45, 2.75) is 32.1 Å². The topological polar surface area (TPSA) is 83.1 Å². The number of ether oxygens (including phenoxy) is 1. The molecule has 0 atom stereocenters. The minimum atomic E-state index is -0.197. The minimum absolute atomic E-state index is 0.197. The maximum absolute atomic E-state index is 13.1. The predicted octanol–water partition coefficient (Wildman–Crippen LogP) is 3.69. The number of likely N-dealkylation sites (tertiary alicyclic amines) is 1. The SMILES string of the molecule is O=C(Nc1cccc(OCCN2CCCC2)n1)c1c[nH]c2c1-c1ncccc1CCC2. The summed E-state index contributed by atoms with van der Waals surface area (Å²) in [5.74, 6) is 0.808. The molecule has 0 unspecified atom stereocenters. The average Bonchev–Trinajstić information content (AvgIpc) is 3.41. The van der Waals surface area contributed by atoms with Crippen molar-refractivity contribution >= 4 is 11.7 Å². The Balaban J connectivity index is 1.30. The summed E-state index contributed by atoms with van der Waals surface area (Å²) >= 11 is 0. The Morgan fingerprint density at radius 1 is 1.13 bits per heavy atom. The number of anilines is 1. The molecule has 1 saturated heterocycles. The lowest BCUT2D eigenvalue weighted by Gasteiger charge is -2.14. The molecule has 3 aromatic heterocycles. The quantitative estimate of drug-likeness (QED) is 0.639. The van der Waals surface area contributed by atoms with E-state index in [1.807, 2.05) is 18.2 Å². The van der Waals surface area contributed by atoms with Crippen LogP contribution in [0.5, 0.6) is 5.88 Å². The number of aromatic amines is 1. The molecule has 2 aliphatic rings. The number of carbonyl (C=O) groups is 1. The van der Waals surface area contributed by atoms with E-state index in [0.29, 0.717) is 23.9 Å². The van der Waals surface area contributed by atoms with Gasteiger partial charge in [0.15, 0.2) is 0 Å². The highest BCUT2D eigenvalue weighted by Crippen LogP contribution is 2.33. The minimum Gasteiger partial charge on any atom is -0.476 e. The predicted molar refractivity (Wildman–Crippen MR) is 119 cm³/mol.